The van der Waals surface area contributed by atoms with Crippen LogP contribution in [0.4, 0.5) is 0 Å². The second kappa shape index (κ2) is 9.10. The summed E-state index contributed by atoms with van der Waals surface area (Å²) in [5.74, 6) is -0.371. The van der Waals surface area contributed by atoms with Gasteiger partial charge in [-0.1, -0.05) is 35.0 Å². The van der Waals surface area contributed by atoms with Crippen LogP contribution in [0, 0.1) is 0 Å². The third-order valence-corrected chi connectivity index (χ3v) is 4.23. The summed E-state index contributed by atoms with van der Waals surface area (Å²) >= 11 is 5.90. The first-order chi connectivity index (χ1) is 13.6. The molecule has 0 aliphatic heterocycles. The molecule has 144 valence electrons. The normalized spacial score (nSPS) is 11.0. The molecule has 3 rings (SSSR count). The number of fused-ring (bicyclic) bond motifs is 1. The number of ether oxygens (including phenoxy) is 1. The third-order valence-electron chi connectivity index (χ3n) is 3.98. The van der Waals surface area contributed by atoms with E-state index in [1.807, 2.05) is 53.2 Å². The summed E-state index contributed by atoms with van der Waals surface area (Å²) in [7, 11) is 0. The Hall–Kier alpha value is -3.25. The van der Waals surface area contributed by atoms with Crippen molar-refractivity contribution in [2.45, 2.75) is 13.2 Å². The fourth-order valence-electron chi connectivity index (χ4n) is 2.72. The summed E-state index contributed by atoms with van der Waals surface area (Å²) in [6.07, 6.45) is 5.20. The maximum Gasteiger partial charge on any atom is 0.344 e. The summed E-state index contributed by atoms with van der Waals surface area (Å²) in [6, 6.07) is 13.3. The van der Waals surface area contributed by atoms with Gasteiger partial charge in [0.2, 0.25) is 6.61 Å². The molecule has 0 atom stereocenters. The van der Waals surface area contributed by atoms with Crippen molar-refractivity contribution in [3.63, 3.8) is 0 Å². The molecule has 0 spiro atoms. The van der Waals surface area contributed by atoms with E-state index in [1.54, 1.807) is 6.08 Å². The lowest BCUT2D eigenvalue weighted by atomic mass is 10.2. The van der Waals surface area contributed by atoms with Crippen molar-refractivity contribution in [2.75, 3.05) is 6.61 Å². The first kappa shape index (κ1) is 19.5. The van der Waals surface area contributed by atoms with Gasteiger partial charge in [-0.2, -0.15) is 0 Å². The highest BCUT2D eigenvalue weighted by atomic mass is 35.5. The smallest absolute Gasteiger partial charge is 0.344 e. The van der Waals surface area contributed by atoms with Gasteiger partial charge < -0.3 is 19.2 Å². The molecule has 1 heterocycles. The number of carbonyl (C=O) groups is 1. The van der Waals surface area contributed by atoms with E-state index >= 15 is 0 Å². The van der Waals surface area contributed by atoms with Crippen LogP contribution in [-0.4, -0.2) is 28.5 Å². The van der Waals surface area contributed by atoms with Crippen LogP contribution in [0.2, 0.25) is 5.02 Å². The van der Waals surface area contributed by atoms with Gasteiger partial charge >= 0.3 is 5.97 Å². The van der Waals surface area contributed by atoms with E-state index in [4.69, 9.17) is 26.3 Å². The monoisotopic (exact) mass is 398 g/mol. The number of carboxylic acid groups (broad SMARTS) is 1. The van der Waals surface area contributed by atoms with Crippen LogP contribution in [-0.2, 0) is 22.8 Å². The number of aliphatic carboxylic acids is 1. The van der Waals surface area contributed by atoms with Crippen LogP contribution in [0.1, 0.15) is 11.1 Å². The molecule has 7 heteroatoms. The lowest BCUT2D eigenvalue weighted by Gasteiger charge is -2.08. The van der Waals surface area contributed by atoms with Crippen molar-refractivity contribution in [1.82, 2.24) is 4.57 Å². The minimum absolute atomic E-state index is 0.418. The van der Waals surface area contributed by atoms with E-state index in [0.717, 1.165) is 22.0 Å². The molecule has 1 N–H and O–H groups in total. The van der Waals surface area contributed by atoms with Crippen LogP contribution in [0.3, 0.4) is 0 Å². The summed E-state index contributed by atoms with van der Waals surface area (Å²) in [5, 5.41) is 14.0. The molecule has 0 unspecified atom stereocenters. The first-order valence-corrected chi connectivity index (χ1v) is 8.93. The van der Waals surface area contributed by atoms with Crippen molar-refractivity contribution >= 4 is 34.7 Å². The Bertz CT molecular complexity index is 1010. The average Bonchev–Trinajstić information content (AvgIpc) is 3.02. The molecule has 2 aromatic carbocycles. The Morgan fingerprint density at radius 3 is 2.75 bits per heavy atom. The number of halogens is 1. The van der Waals surface area contributed by atoms with Gasteiger partial charge in [-0.25, -0.2) is 4.79 Å². The molecule has 0 bridgehead atoms. The van der Waals surface area contributed by atoms with Crippen molar-refractivity contribution in [3.8, 4) is 5.75 Å². The molecule has 0 aliphatic carbocycles. The van der Waals surface area contributed by atoms with Crippen LogP contribution in [0.25, 0.3) is 10.9 Å². The standard InChI is InChI=1S/C21H19ClN2O4/c1-2-9-24-12-16(11-23-28-14-21(25)26)19-10-18(7-8-20(19)24)27-13-15-3-5-17(22)6-4-15/h2-8,10-12H,1,9,13-14H2,(H,25,26)/b23-11+. The van der Waals surface area contributed by atoms with E-state index in [9.17, 15) is 4.79 Å². The van der Waals surface area contributed by atoms with E-state index in [0.29, 0.717) is 23.9 Å². The van der Waals surface area contributed by atoms with Crippen LogP contribution >= 0.6 is 11.6 Å². The predicted octanol–water partition coefficient (Wildman–Crippen LogP) is 4.49. The Kier molecular flexibility index (Phi) is 6.34. The Balaban J connectivity index is 1.83. The molecule has 0 amide bonds. The van der Waals surface area contributed by atoms with Gasteiger partial charge in [0.1, 0.15) is 12.4 Å². The molecule has 0 radical (unpaired) electrons. The van der Waals surface area contributed by atoms with Crippen molar-refractivity contribution in [1.29, 1.82) is 0 Å². The van der Waals surface area contributed by atoms with Crippen LogP contribution in [0.15, 0.2) is 66.5 Å². The van der Waals surface area contributed by atoms with E-state index in [1.165, 1.54) is 6.21 Å². The number of hydrogen-bond acceptors (Lipinski definition) is 4. The topological polar surface area (TPSA) is 73.1 Å². The number of allylic oxidation sites excluding steroid dienone is 1. The molecule has 3 aromatic rings. The number of oxime groups is 1. The van der Waals surface area contributed by atoms with E-state index in [2.05, 4.69) is 11.7 Å². The summed E-state index contributed by atoms with van der Waals surface area (Å²) in [4.78, 5) is 15.3. The maximum atomic E-state index is 10.5. The Morgan fingerprint density at radius 2 is 2.04 bits per heavy atom. The van der Waals surface area contributed by atoms with Gasteiger partial charge in [0, 0.05) is 34.2 Å². The number of rotatable bonds is 9. The van der Waals surface area contributed by atoms with Gasteiger partial charge in [-0.3, -0.25) is 0 Å². The zero-order valence-electron chi connectivity index (χ0n) is 15.0. The quantitative estimate of drug-likeness (QED) is 0.327. The Labute approximate surface area is 167 Å². The molecule has 6 nitrogen and oxygen atoms in total. The van der Waals surface area contributed by atoms with Crippen LogP contribution < -0.4 is 4.74 Å². The summed E-state index contributed by atoms with van der Waals surface area (Å²) in [6.45, 7) is 4.33. The molecule has 0 aliphatic rings. The number of carboxylic acids is 1. The first-order valence-electron chi connectivity index (χ1n) is 8.55. The average molecular weight is 399 g/mol. The van der Waals surface area contributed by atoms with Gasteiger partial charge in [0.25, 0.3) is 0 Å². The largest absolute Gasteiger partial charge is 0.489 e. The predicted molar refractivity (Wildman–Crippen MR) is 109 cm³/mol. The van der Waals surface area contributed by atoms with Crippen molar-refractivity contribution < 1.29 is 19.5 Å². The second-order valence-corrected chi connectivity index (χ2v) is 6.46. The highest BCUT2D eigenvalue weighted by Crippen LogP contribution is 2.26. The van der Waals surface area contributed by atoms with Gasteiger partial charge in [0.15, 0.2) is 0 Å². The highest BCUT2D eigenvalue weighted by Gasteiger charge is 2.09. The van der Waals surface area contributed by atoms with Crippen molar-refractivity contribution in [3.05, 3.63) is 77.5 Å². The Morgan fingerprint density at radius 1 is 1.25 bits per heavy atom. The third kappa shape index (κ3) is 4.92. The number of hydrogen-bond donors (Lipinski definition) is 1. The van der Waals surface area contributed by atoms with Gasteiger partial charge in [-0.15, -0.1) is 6.58 Å². The minimum atomic E-state index is -1.08. The van der Waals surface area contributed by atoms with Gasteiger partial charge in [0.05, 0.1) is 6.21 Å². The fraction of sp³-hybridized carbons (Fsp3) is 0.143. The summed E-state index contributed by atoms with van der Waals surface area (Å²) < 4.78 is 7.91. The minimum Gasteiger partial charge on any atom is -0.489 e. The SMILES string of the molecule is C=CCn1cc(/C=N/OCC(=O)O)c2cc(OCc3ccc(Cl)cc3)ccc21. The van der Waals surface area contributed by atoms with E-state index in [-0.39, 0.29) is 0 Å². The van der Waals surface area contributed by atoms with Gasteiger partial charge in [-0.05, 0) is 35.9 Å². The molecular weight excluding hydrogens is 380 g/mol. The highest BCUT2D eigenvalue weighted by molar-refractivity contribution is 6.30. The molecule has 28 heavy (non-hydrogen) atoms. The maximum absolute atomic E-state index is 10.5. The number of aromatic nitrogens is 1. The molecule has 0 saturated heterocycles. The van der Waals surface area contributed by atoms with E-state index < -0.39 is 12.6 Å². The molecular formula is C21H19ClN2O4. The van der Waals surface area contributed by atoms with Crippen molar-refractivity contribution in [2.24, 2.45) is 5.16 Å². The van der Waals surface area contributed by atoms with Crippen LogP contribution in [0.5, 0.6) is 5.75 Å². The summed E-state index contributed by atoms with van der Waals surface area (Å²) in [5.41, 5.74) is 2.79. The zero-order valence-corrected chi connectivity index (χ0v) is 15.8. The number of nitrogens with zero attached hydrogens (tertiary/aromatic N) is 2. The lowest BCUT2D eigenvalue weighted by molar-refractivity contribution is -0.142. The zero-order chi connectivity index (χ0) is 19.9. The number of benzene rings is 2. The molecule has 0 fully saturated rings. The lowest BCUT2D eigenvalue weighted by Crippen LogP contribution is -2.03. The fourth-order valence-corrected chi connectivity index (χ4v) is 2.85. The molecule has 0 saturated carbocycles. The molecule has 1 aromatic heterocycles. The second-order valence-electron chi connectivity index (χ2n) is 6.02.